The van der Waals surface area contributed by atoms with Gasteiger partial charge in [-0.2, -0.15) is 0 Å². The molecule has 0 fully saturated rings. The highest BCUT2D eigenvalue weighted by atomic mass is 16.5. The lowest BCUT2D eigenvalue weighted by molar-refractivity contribution is -0.139. The van der Waals surface area contributed by atoms with Crippen LogP contribution in [0.5, 0.6) is 23.0 Å². The number of carbonyl (C=O) groups is 10. The van der Waals surface area contributed by atoms with Gasteiger partial charge in [0.05, 0.1) is 57.1 Å². The van der Waals surface area contributed by atoms with Crippen LogP contribution in [0.3, 0.4) is 0 Å². The Balaban J connectivity index is 1.56. The number of ether oxygens (including phenoxy) is 4. The summed E-state index contributed by atoms with van der Waals surface area (Å²) >= 11 is 0. The van der Waals surface area contributed by atoms with E-state index >= 15 is 0 Å². The minimum atomic E-state index is -1.20. The molecule has 19 N–H and O–H groups in total. The summed E-state index contributed by atoms with van der Waals surface area (Å²) in [6.45, 7) is 1.26. The number of benzene rings is 4. The molecule has 0 saturated carbocycles. The summed E-state index contributed by atoms with van der Waals surface area (Å²) in [6.07, 6.45) is 3.64. The Bertz CT molecular complexity index is 3070. The largest absolute Gasteiger partial charge is 0.496 e. The van der Waals surface area contributed by atoms with E-state index in [2.05, 4.69) is 42.5 Å². The number of carboxylic acid groups (broad SMARTS) is 1. The van der Waals surface area contributed by atoms with E-state index in [1.54, 1.807) is 0 Å². The summed E-state index contributed by atoms with van der Waals surface area (Å²) in [7, 11) is 5.35. The number of nitrogens with one attached hydrogen (secondary N) is 8. The van der Waals surface area contributed by atoms with Gasteiger partial charge < -0.3 is 95.3 Å². The van der Waals surface area contributed by atoms with Gasteiger partial charge in [0.15, 0.2) is 0 Å². The molecule has 0 aliphatic carbocycles. The van der Waals surface area contributed by atoms with Crippen molar-refractivity contribution in [3.05, 3.63) is 95.1 Å². The maximum absolute atomic E-state index is 14.3. The first-order valence-corrected chi connectivity index (χ1v) is 28.7. The van der Waals surface area contributed by atoms with Crippen LogP contribution in [0.15, 0.2) is 72.8 Å². The fourth-order valence-corrected chi connectivity index (χ4v) is 9.03. The van der Waals surface area contributed by atoms with E-state index < -0.39 is 89.7 Å². The summed E-state index contributed by atoms with van der Waals surface area (Å²) < 4.78 is 21.7. The van der Waals surface area contributed by atoms with Gasteiger partial charge in [0.2, 0.25) is 29.5 Å². The van der Waals surface area contributed by atoms with Crippen molar-refractivity contribution in [2.75, 3.05) is 75.9 Å². The van der Waals surface area contributed by atoms with E-state index in [0.717, 1.165) is 0 Å². The molecule has 0 saturated heterocycles. The summed E-state index contributed by atoms with van der Waals surface area (Å²) in [5.74, 6) is -7.02. The van der Waals surface area contributed by atoms with Gasteiger partial charge in [-0.05, 0) is 176 Å². The molecule has 0 aliphatic heterocycles. The Morgan fingerprint density at radius 1 is 0.386 bits per heavy atom. The molecular weight excluding hydrogens is 1140 g/mol. The number of unbranched alkanes of at least 4 members (excludes halogenated alkanes) is 4. The normalized spacial score (nSPS) is 12.1. The number of carbonyl (C=O) groups excluding carboxylic acids is 9. The molecule has 88 heavy (non-hydrogen) atoms. The number of carboxylic acids is 1. The monoisotopic (exact) mass is 1230 g/mol. The van der Waals surface area contributed by atoms with E-state index in [4.69, 9.17) is 52.7 Å². The number of aliphatic carboxylic acids is 1. The molecule has 0 radical (unpaired) electrons. The van der Waals surface area contributed by atoms with Crippen LogP contribution in [0, 0.1) is 0 Å². The second kappa shape index (κ2) is 37.2. The zero-order valence-corrected chi connectivity index (χ0v) is 50.0. The molecule has 28 heteroatoms. The van der Waals surface area contributed by atoms with E-state index in [0.29, 0.717) is 77.5 Å². The zero-order valence-electron chi connectivity index (χ0n) is 50.0. The Kier molecular flexibility index (Phi) is 30.1. The molecule has 4 atom stereocenters. The minimum Gasteiger partial charge on any atom is -0.496 e. The van der Waals surface area contributed by atoms with Gasteiger partial charge in [-0.1, -0.05) is 0 Å². The number of methoxy groups -OCH3 is 4. The summed E-state index contributed by atoms with van der Waals surface area (Å²) in [6, 6.07) is 12.5. The quantitative estimate of drug-likeness (QED) is 0.0286. The number of nitrogens with two attached hydrogens (primary N) is 5. The second-order valence-corrected chi connectivity index (χ2v) is 20.2. The average Bonchev–Trinajstić information content (AvgIpc) is 1.79. The van der Waals surface area contributed by atoms with Crippen LogP contribution in [-0.2, 0) is 28.8 Å². The highest BCUT2D eigenvalue weighted by Gasteiger charge is 2.29. The van der Waals surface area contributed by atoms with Crippen molar-refractivity contribution in [3.8, 4) is 23.0 Å². The third-order valence-corrected chi connectivity index (χ3v) is 13.7. The lowest BCUT2D eigenvalue weighted by Crippen LogP contribution is -2.44. The lowest BCUT2D eigenvalue weighted by Gasteiger charge is -2.22. The van der Waals surface area contributed by atoms with Gasteiger partial charge in [-0.3, -0.25) is 47.9 Å². The Hall–Kier alpha value is -9.38. The van der Waals surface area contributed by atoms with Crippen molar-refractivity contribution in [1.29, 1.82) is 0 Å². The van der Waals surface area contributed by atoms with Crippen LogP contribution in [0.4, 0.5) is 22.7 Å². The predicted octanol–water partition coefficient (Wildman–Crippen LogP) is 2.84. The van der Waals surface area contributed by atoms with E-state index in [-0.39, 0.29) is 100 Å². The van der Waals surface area contributed by atoms with Crippen LogP contribution in [0.2, 0.25) is 0 Å². The van der Waals surface area contributed by atoms with Crippen LogP contribution >= 0.6 is 0 Å². The van der Waals surface area contributed by atoms with Crippen LogP contribution in [-0.4, -0.2) is 143 Å². The van der Waals surface area contributed by atoms with Crippen molar-refractivity contribution >= 4 is 81.9 Å². The van der Waals surface area contributed by atoms with Crippen LogP contribution < -0.4 is 90.2 Å². The Morgan fingerprint density at radius 2 is 0.648 bits per heavy atom. The Labute approximate surface area is 510 Å². The number of primary amides is 1. The average molecular weight is 1230 g/mol. The number of anilines is 4. The summed E-state index contributed by atoms with van der Waals surface area (Å²) in [4.78, 5) is 134. The Morgan fingerprint density at radius 3 is 0.898 bits per heavy atom. The molecule has 4 aromatic rings. The topological polar surface area (TPSA) is 454 Å². The molecule has 4 rings (SSSR count). The standard InChI is InChI=1S/C60H83N13O15/c1-85-47-21-17-35(31-39(47)53(65)77)66-58(82)44(14-6-10-28-62)71-55(79)41-33-37(19-23-49(41)87-3)68-60(84)46(16-8-12-30-64)73-56(80)42-34-38(20-24-50(42)88-4)69-59(83)45(15-7-11-29-63)72-54(78)40-32-36(18-22-48(40)86-2)67-57(81)43(13-5-9-27-61)70-51(74)25-26-52(75)76/h17-24,31-34,43-46H,5-16,25-30,61-64H2,1-4H3,(H2,65,77)(H,66,82)(H,67,81)(H,68,84)(H,69,83)(H,70,74)(H,71,79)(H,72,78)(H,73,80)(H,75,76). The fraction of sp³-hybridized carbons (Fsp3) is 0.433. The molecule has 0 heterocycles. The van der Waals surface area contributed by atoms with Gasteiger partial charge in [-0.25, -0.2) is 0 Å². The van der Waals surface area contributed by atoms with E-state index in [1.165, 1.54) is 101 Å². The molecule has 0 aliphatic rings. The maximum atomic E-state index is 14.3. The molecular formula is C60H83N13O15. The fourth-order valence-electron chi connectivity index (χ4n) is 9.03. The maximum Gasteiger partial charge on any atom is 0.303 e. The number of hydrogen-bond donors (Lipinski definition) is 14. The minimum absolute atomic E-state index is 0.0240. The molecule has 0 bridgehead atoms. The van der Waals surface area contributed by atoms with Gasteiger partial charge in [0, 0.05) is 29.2 Å². The predicted molar refractivity (Wildman–Crippen MR) is 329 cm³/mol. The van der Waals surface area contributed by atoms with Crippen molar-refractivity contribution in [1.82, 2.24) is 21.3 Å². The SMILES string of the molecule is COc1ccc(NC(=O)C(CCCCN)NC(=O)c2cc(NC(=O)C(CCCCN)NC(=O)c3cc(NC(=O)C(CCCCN)NC(=O)c4cc(NC(=O)C(CCCCN)NC(=O)CCC(=O)O)ccc4OC)ccc3OC)ccc2OC)cc1C(N)=O. The summed E-state index contributed by atoms with van der Waals surface area (Å²) in [5, 5.41) is 30.8. The second-order valence-electron chi connectivity index (χ2n) is 20.2. The highest BCUT2D eigenvalue weighted by molar-refractivity contribution is 6.08. The first-order valence-electron chi connectivity index (χ1n) is 28.7. The lowest BCUT2D eigenvalue weighted by atomic mass is 10.1. The number of amides is 9. The first-order chi connectivity index (χ1) is 42.2. The number of hydrogen-bond acceptors (Lipinski definition) is 18. The van der Waals surface area contributed by atoms with E-state index in [1.807, 2.05) is 0 Å². The van der Waals surface area contributed by atoms with Gasteiger partial charge in [0.25, 0.3) is 23.6 Å². The van der Waals surface area contributed by atoms with Crippen molar-refractivity contribution in [3.63, 3.8) is 0 Å². The molecule has 0 spiro atoms. The van der Waals surface area contributed by atoms with E-state index in [9.17, 15) is 47.9 Å². The molecule has 4 aromatic carbocycles. The van der Waals surface area contributed by atoms with Gasteiger partial charge in [-0.15, -0.1) is 0 Å². The van der Waals surface area contributed by atoms with Crippen molar-refractivity contribution in [2.45, 2.75) is 114 Å². The smallest absolute Gasteiger partial charge is 0.303 e. The molecule has 4 unspecified atom stereocenters. The molecule has 28 nitrogen and oxygen atoms in total. The third kappa shape index (κ3) is 22.5. The zero-order chi connectivity index (χ0) is 64.7. The van der Waals surface area contributed by atoms with Crippen molar-refractivity contribution < 1.29 is 72.0 Å². The van der Waals surface area contributed by atoms with Crippen LogP contribution in [0.1, 0.15) is 131 Å². The highest BCUT2D eigenvalue weighted by Crippen LogP contribution is 2.28. The molecule has 9 amide bonds. The third-order valence-electron chi connectivity index (χ3n) is 13.7. The van der Waals surface area contributed by atoms with Gasteiger partial charge in [0.1, 0.15) is 47.2 Å². The summed E-state index contributed by atoms with van der Waals surface area (Å²) in [5.41, 5.74) is 28.9. The molecule has 478 valence electrons. The molecule has 0 aromatic heterocycles. The van der Waals surface area contributed by atoms with Gasteiger partial charge >= 0.3 is 5.97 Å². The van der Waals surface area contributed by atoms with Crippen LogP contribution in [0.25, 0.3) is 0 Å². The van der Waals surface area contributed by atoms with Crippen molar-refractivity contribution in [2.24, 2.45) is 28.7 Å². The first kappa shape index (κ1) is 71.1. The number of rotatable bonds is 39.